The quantitative estimate of drug-likeness (QED) is 0.844. The van der Waals surface area contributed by atoms with Crippen LogP contribution in [0.1, 0.15) is 31.3 Å². The molecule has 1 aliphatic heterocycles. The number of ether oxygens (including phenoxy) is 1. The van der Waals surface area contributed by atoms with E-state index in [1.54, 1.807) is 6.20 Å². The van der Waals surface area contributed by atoms with Gasteiger partial charge in [0.15, 0.2) is 0 Å². The molecule has 1 aromatic carbocycles. The van der Waals surface area contributed by atoms with Crippen molar-refractivity contribution in [2.45, 2.75) is 26.9 Å². The lowest BCUT2D eigenvalue weighted by Crippen LogP contribution is -2.48. The third-order valence-electron chi connectivity index (χ3n) is 4.49. The van der Waals surface area contributed by atoms with Crippen molar-refractivity contribution in [2.75, 3.05) is 38.0 Å². The number of likely N-dealkylation sites (N-methyl/N-ethyl adjacent to an activating group) is 1. The van der Waals surface area contributed by atoms with Crippen molar-refractivity contribution in [2.24, 2.45) is 0 Å². The van der Waals surface area contributed by atoms with Gasteiger partial charge in [0.1, 0.15) is 17.3 Å². The second kappa shape index (κ2) is 8.81. The minimum Gasteiger partial charge on any atom is -0.489 e. The molecule has 0 spiro atoms. The van der Waals surface area contributed by atoms with Crippen molar-refractivity contribution in [3.63, 3.8) is 0 Å². The van der Waals surface area contributed by atoms with Crippen LogP contribution in [0.2, 0.25) is 0 Å². The summed E-state index contributed by atoms with van der Waals surface area (Å²) < 4.78 is 5.80. The highest BCUT2D eigenvalue weighted by Crippen LogP contribution is 2.27. The minimum atomic E-state index is -0.0617. The van der Waals surface area contributed by atoms with Gasteiger partial charge >= 0.3 is 0 Å². The van der Waals surface area contributed by atoms with Crippen LogP contribution in [-0.2, 0) is 0 Å². The standard InChI is InChI=1S/C20H27N5O2/c1-4-24-9-11-25(12-10-24)20(26)17-13-22-19(14-21-17)23-16-7-5-6-8-18(16)27-15(2)3/h5-8,13-15H,4,9-12H2,1-3H3,(H,22,23). The number of aromatic nitrogens is 2. The van der Waals surface area contributed by atoms with Gasteiger partial charge in [0.05, 0.1) is 24.2 Å². The van der Waals surface area contributed by atoms with Crippen molar-refractivity contribution in [1.29, 1.82) is 0 Å². The minimum absolute atomic E-state index is 0.0617. The summed E-state index contributed by atoms with van der Waals surface area (Å²) in [5.41, 5.74) is 1.19. The molecule has 144 valence electrons. The van der Waals surface area contributed by atoms with Crippen LogP contribution < -0.4 is 10.1 Å². The SMILES string of the molecule is CCN1CCN(C(=O)c2cnc(Nc3ccccc3OC(C)C)cn2)CC1. The molecule has 1 saturated heterocycles. The van der Waals surface area contributed by atoms with Crippen LogP contribution in [0.3, 0.4) is 0 Å². The van der Waals surface area contributed by atoms with Crippen LogP contribution in [0, 0.1) is 0 Å². The number of hydrogen-bond acceptors (Lipinski definition) is 6. The first kappa shape index (κ1) is 19.1. The number of carbonyl (C=O) groups is 1. The average Bonchev–Trinajstić information content (AvgIpc) is 2.69. The molecule has 7 nitrogen and oxygen atoms in total. The molecule has 1 aromatic heterocycles. The van der Waals surface area contributed by atoms with E-state index in [1.807, 2.05) is 43.0 Å². The van der Waals surface area contributed by atoms with Crippen LogP contribution in [0.4, 0.5) is 11.5 Å². The van der Waals surface area contributed by atoms with E-state index in [0.717, 1.165) is 44.2 Å². The molecule has 0 saturated carbocycles. The number of amides is 1. The number of rotatable bonds is 6. The first-order valence-corrected chi connectivity index (χ1v) is 9.43. The van der Waals surface area contributed by atoms with Crippen molar-refractivity contribution in [3.8, 4) is 5.75 Å². The van der Waals surface area contributed by atoms with Gasteiger partial charge in [0.2, 0.25) is 0 Å². The lowest BCUT2D eigenvalue weighted by Gasteiger charge is -2.33. The summed E-state index contributed by atoms with van der Waals surface area (Å²) >= 11 is 0. The second-order valence-corrected chi connectivity index (χ2v) is 6.80. The van der Waals surface area contributed by atoms with Crippen molar-refractivity contribution < 1.29 is 9.53 Å². The number of nitrogens with zero attached hydrogens (tertiary/aromatic N) is 4. The van der Waals surface area contributed by atoms with E-state index in [2.05, 4.69) is 27.1 Å². The Morgan fingerprint density at radius 3 is 2.52 bits per heavy atom. The predicted octanol–water partition coefficient (Wildman–Crippen LogP) is 2.79. The van der Waals surface area contributed by atoms with Crippen molar-refractivity contribution in [3.05, 3.63) is 42.4 Å². The molecule has 7 heteroatoms. The van der Waals surface area contributed by atoms with Crippen molar-refractivity contribution >= 4 is 17.4 Å². The Morgan fingerprint density at radius 1 is 1.15 bits per heavy atom. The maximum absolute atomic E-state index is 12.6. The van der Waals surface area contributed by atoms with E-state index in [1.165, 1.54) is 6.20 Å². The molecule has 2 heterocycles. The molecule has 1 N–H and O–H groups in total. The summed E-state index contributed by atoms with van der Waals surface area (Å²) in [6.45, 7) is 10.4. The fourth-order valence-electron chi connectivity index (χ4n) is 3.00. The van der Waals surface area contributed by atoms with Crippen LogP contribution in [0.15, 0.2) is 36.7 Å². The Bertz CT molecular complexity index is 755. The van der Waals surface area contributed by atoms with Gasteiger partial charge in [-0.25, -0.2) is 9.97 Å². The summed E-state index contributed by atoms with van der Waals surface area (Å²) in [4.78, 5) is 25.4. The molecule has 1 amide bonds. The molecule has 3 rings (SSSR count). The fraction of sp³-hybridized carbons (Fsp3) is 0.450. The number of nitrogens with one attached hydrogen (secondary N) is 1. The molecular weight excluding hydrogens is 342 g/mol. The zero-order valence-electron chi connectivity index (χ0n) is 16.2. The first-order valence-electron chi connectivity index (χ1n) is 9.43. The molecule has 0 bridgehead atoms. The predicted molar refractivity (Wildman–Crippen MR) is 106 cm³/mol. The van der Waals surface area contributed by atoms with E-state index in [9.17, 15) is 4.79 Å². The third kappa shape index (κ3) is 4.95. The molecule has 0 aliphatic carbocycles. The number of anilines is 2. The average molecular weight is 369 g/mol. The number of para-hydroxylation sites is 2. The number of piperazine rings is 1. The first-order chi connectivity index (χ1) is 13.1. The van der Waals surface area contributed by atoms with Gasteiger partial charge in [-0.1, -0.05) is 19.1 Å². The van der Waals surface area contributed by atoms with Gasteiger partial charge in [0, 0.05) is 26.2 Å². The summed E-state index contributed by atoms with van der Waals surface area (Å²) in [6.07, 6.45) is 3.19. The molecular formula is C20H27N5O2. The lowest BCUT2D eigenvalue weighted by atomic mass is 10.2. The summed E-state index contributed by atoms with van der Waals surface area (Å²) in [5, 5.41) is 3.21. The van der Waals surface area contributed by atoms with E-state index in [4.69, 9.17) is 4.74 Å². The smallest absolute Gasteiger partial charge is 0.274 e. The second-order valence-electron chi connectivity index (χ2n) is 6.80. The van der Waals surface area contributed by atoms with Crippen LogP contribution in [0.25, 0.3) is 0 Å². The normalized spacial score (nSPS) is 15.0. The van der Waals surface area contributed by atoms with Gasteiger partial charge in [0.25, 0.3) is 5.91 Å². The van der Waals surface area contributed by atoms with E-state index in [0.29, 0.717) is 11.5 Å². The van der Waals surface area contributed by atoms with Gasteiger partial charge < -0.3 is 19.9 Å². The maximum Gasteiger partial charge on any atom is 0.274 e. The molecule has 1 fully saturated rings. The zero-order chi connectivity index (χ0) is 19.2. The number of carbonyl (C=O) groups excluding carboxylic acids is 1. The van der Waals surface area contributed by atoms with Gasteiger partial charge in [-0.05, 0) is 32.5 Å². The fourth-order valence-corrected chi connectivity index (χ4v) is 3.00. The van der Waals surface area contributed by atoms with E-state index < -0.39 is 0 Å². The Hall–Kier alpha value is -2.67. The topological polar surface area (TPSA) is 70.6 Å². The Balaban J connectivity index is 1.65. The summed E-state index contributed by atoms with van der Waals surface area (Å²) in [7, 11) is 0. The number of benzene rings is 1. The van der Waals surface area contributed by atoms with Crippen LogP contribution in [0.5, 0.6) is 5.75 Å². The van der Waals surface area contributed by atoms with E-state index in [-0.39, 0.29) is 12.0 Å². The molecule has 0 atom stereocenters. The molecule has 2 aromatic rings. The van der Waals surface area contributed by atoms with Gasteiger partial charge in [-0.2, -0.15) is 0 Å². The van der Waals surface area contributed by atoms with Crippen LogP contribution in [-0.4, -0.2) is 64.5 Å². The third-order valence-corrected chi connectivity index (χ3v) is 4.49. The molecule has 27 heavy (non-hydrogen) atoms. The van der Waals surface area contributed by atoms with Gasteiger partial charge in [-0.15, -0.1) is 0 Å². The molecule has 1 aliphatic rings. The lowest BCUT2D eigenvalue weighted by molar-refractivity contribution is 0.0637. The molecule has 0 unspecified atom stereocenters. The Labute approximate surface area is 160 Å². The molecule has 0 radical (unpaired) electrons. The zero-order valence-corrected chi connectivity index (χ0v) is 16.2. The highest BCUT2D eigenvalue weighted by atomic mass is 16.5. The summed E-state index contributed by atoms with van der Waals surface area (Å²) in [6, 6.07) is 7.68. The largest absolute Gasteiger partial charge is 0.489 e. The summed E-state index contributed by atoms with van der Waals surface area (Å²) in [5.74, 6) is 1.26. The number of hydrogen-bond donors (Lipinski definition) is 1. The van der Waals surface area contributed by atoms with Crippen LogP contribution >= 0.6 is 0 Å². The Kier molecular flexibility index (Phi) is 6.24. The van der Waals surface area contributed by atoms with E-state index >= 15 is 0 Å². The highest BCUT2D eigenvalue weighted by Gasteiger charge is 2.22. The maximum atomic E-state index is 12.6. The van der Waals surface area contributed by atoms with Gasteiger partial charge in [-0.3, -0.25) is 4.79 Å². The highest BCUT2D eigenvalue weighted by molar-refractivity contribution is 5.92. The Morgan fingerprint density at radius 2 is 1.89 bits per heavy atom. The monoisotopic (exact) mass is 369 g/mol. The van der Waals surface area contributed by atoms with Crippen molar-refractivity contribution in [1.82, 2.24) is 19.8 Å².